The van der Waals surface area contributed by atoms with Crippen LogP contribution in [0.3, 0.4) is 0 Å². The van der Waals surface area contributed by atoms with Crippen molar-refractivity contribution in [3.8, 4) is 5.75 Å². The Labute approximate surface area is 180 Å². The molecular formula is C20H19ClN2O8. The highest BCUT2D eigenvalue weighted by Gasteiger charge is 2.63. The lowest BCUT2D eigenvalue weighted by molar-refractivity contribution is -0.152. The predicted molar refractivity (Wildman–Crippen MR) is 107 cm³/mol. The van der Waals surface area contributed by atoms with E-state index in [1.165, 1.54) is 13.0 Å². The number of aromatic hydroxyl groups is 1. The van der Waals surface area contributed by atoms with Crippen molar-refractivity contribution >= 4 is 40.5 Å². The predicted octanol–water partition coefficient (Wildman–Crippen LogP) is 0.324. The van der Waals surface area contributed by atoms with Crippen LogP contribution in [0.4, 0.5) is 5.69 Å². The van der Waals surface area contributed by atoms with Crippen molar-refractivity contribution in [2.24, 2.45) is 17.6 Å². The first-order valence-electron chi connectivity index (χ1n) is 9.27. The summed E-state index contributed by atoms with van der Waals surface area (Å²) in [4.78, 5) is 37.4. The van der Waals surface area contributed by atoms with Gasteiger partial charge in [-0.1, -0.05) is 11.6 Å². The number of rotatable bonds is 1. The quantitative estimate of drug-likeness (QED) is 0.178. The van der Waals surface area contributed by atoms with Gasteiger partial charge >= 0.3 is 0 Å². The molecule has 4 atom stereocenters. The van der Waals surface area contributed by atoms with Gasteiger partial charge in [0.1, 0.15) is 17.1 Å². The lowest BCUT2D eigenvalue weighted by Crippen LogP contribution is -2.60. The third-order valence-electron chi connectivity index (χ3n) is 6.61. The third-order valence-corrected chi connectivity index (χ3v) is 6.92. The minimum atomic E-state index is -2.72. The van der Waals surface area contributed by atoms with Crippen LogP contribution in [0.5, 0.6) is 5.75 Å². The number of phenols is 1. The molecule has 31 heavy (non-hydrogen) atoms. The minimum Gasteiger partial charge on any atom is -0.508 e. The van der Waals surface area contributed by atoms with Crippen molar-refractivity contribution in [3.63, 3.8) is 0 Å². The topological polar surface area (TPSA) is 204 Å². The van der Waals surface area contributed by atoms with Gasteiger partial charge in [0.05, 0.1) is 21.9 Å². The van der Waals surface area contributed by atoms with E-state index in [4.69, 9.17) is 23.1 Å². The number of hydrogen-bond donors (Lipinski definition) is 7. The smallest absolute Gasteiger partial charge is 0.255 e. The Kier molecular flexibility index (Phi) is 4.25. The van der Waals surface area contributed by atoms with E-state index in [1.54, 1.807) is 0 Å². The number of aliphatic hydroxyl groups excluding tert-OH is 2. The third kappa shape index (κ3) is 2.43. The fourth-order valence-corrected chi connectivity index (χ4v) is 5.15. The van der Waals surface area contributed by atoms with Crippen molar-refractivity contribution in [1.29, 1.82) is 0 Å². The van der Waals surface area contributed by atoms with E-state index in [0.717, 1.165) is 0 Å². The highest BCUT2D eigenvalue weighted by molar-refractivity contribution is 6.33. The minimum absolute atomic E-state index is 0.00610. The fraction of sp³-hybridized carbons (Fsp3) is 0.350. The molecule has 1 aromatic rings. The molecule has 0 saturated heterocycles. The molecule has 164 valence electrons. The largest absolute Gasteiger partial charge is 0.508 e. The van der Waals surface area contributed by atoms with Crippen molar-refractivity contribution in [2.45, 2.75) is 31.0 Å². The number of halogens is 1. The van der Waals surface area contributed by atoms with Crippen LogP contribution in [0, 0.1) is 11.8 Å². The van der Waals surface area contributed by atoms with Gasteiger partial charge < -0.3 is 37.0 Å². The standard InChI is InChI=1S/C20H19ClN2O8/c1-19(30)6-2-5-3-9(24)12(18(23)29)17(28)20(5,31)16(27)11(6)14(25)10-7(19)4-8(21)13(22)15(10)26/h4-6,25-26,28,30-31H,2-3,22H2,1H3,(H2,23,29)/t5-,6-,19-,20-/m0/s1. The number of hydrogen-bond acceptors (Lipinski definition) is 9. The number of amides is 1. The monoisotopic (exact) mass is 450 g/mol. The number of ketones is 2. The van der Waals surface area contributed by atoms with Gasteiger partial charge in [0.2, 0.25) is 5.78 Å². The van der Waals surface area contributed by atoms with Crippen LogP contribution in [0.15, 0.2) is 23.0 Å². The van der Waals surface area contributed by atoms with E-state index in [9.17, 15) is 39.9 Å². The Bertz CT molecular complexity index is 1170. The summed E-state index contributed by atoms with van der Waals surface area (Å²) in [5.74, 6) is -8.38. The van der Waals surface area contributed by atoms with Gasteiger partial charge in [-0.3, -0.25) is 14.4 Å². The molecule has 0 spiro atoms. The first-order valence-corrected chi connectivity index (χ1v) is 9.65. The fourth-order valence-electron chi connectivity index (χ4n) is 4.95. The Balaban J connectivity index is 2.03. The van der Waals surface area contributed by atoms with Crippen molar-refractivity contribution in [2.75, 3.05) is 5.73 Å². The second kappa shape index (κ2) is 6.22. The molecule has 0 aliphatic heterocycles. The van der Waals surface area contributed by atoms with E-state index in [1.807, 2.05) is 0 Å². The first-order chi connectivity index (χ1) is 14.3. The van der Waals surface area contributed by atoms with E-state index in [-0.39, 0.29) is 28.3 Å². The van der Waals surface area contributed by atoms with Crippen LogP contribution in [-0.2, 0) is 20.0 Å². The molecule has 0 aromatic heterocycles. The van der Waals surface area contributed by atoms with Crippen LogP contribution >= 0.6 is 11.6 Å². The van der Waals surface area contributed by atoms with Crippen molar-refractivity contribution in [1.82, 2.24) is 0 Å². The molecule has 1 aromatic carbocycles. The Morgan fingerprint density at radius 3 is 2.42 bits per heavy atom. The number of aliphatic hydroxyl groups is 4. The highest BCUT2D eigenvalue weighted by Crippen LogP contribution is 2.57. The van der Waals surface area contributed by atoms with E-state index >= 15 is 0 Å². The first kappa shape index (κ1) is 21.2. The summed E-state index contributed by atoms with van der Waals surface area (Å²) in [6.45, 7) is 1.32. The van der Waals surface area contributed by atoms with Crippen LogP contribution in [0.25, 0.3) is 5.76 Å². The highest BCUT2D eigenvalue weighted by atomic mass is 35.5. The second-order valence-electron chi connectivity index (χ2n) is 8.25. The molecular weight excluding hydrogens is 432 g/mol. The van der Waals surface area contributed by atoms with Gasteiger partial charge in [-0.15, -0.1) is 0 Å². The van der Waals surface area contributed by atoms with Crippen LogP contribution in [-0.4, -0.2) is 48.6 Å². The zero-order valence-electron chi connectivity index (χ0n) is 16.1. The average Bonchev–Trinajstić information content (AvgIpc) is 2.66. The van der Waals surface area contributed by atoms with Gasteiger partial charge in [-0.05, 0) is 19.4 Å². The molecule has 1 fully saturated rings. The number of anilines is 1. The molecule has 3 aliphatic carbocycles. The van der Waals surface area contributed by atoms with Crippen LogP contribution < -0.4 is 11.5 Å². The van der Waals surface area contributed by atoms with Crippen molar-refractivity contribution < 1.29 is 39.9 Å². The summed E-state index contributed by atoms with van der Waals surface area (Å²) in [7, 11) is 0. The Morgan fingerprint density at radius 1 is 1.23 bits per heavy atom. The van der Waals surface area contributed by atoms with Gasteiger partial charge in [-0.2, -0.15) is 0 Å². The number of carbonyl (C=O) groups is 3. The molecule has 0 unspecified atom stereocenters. The number of fused-ring (bicyclic) bond motifs is 3. The van der Waals surface area contributed by atoms with Gasteiger partial charge in [0.25, 0.3) is 5.91 Å². The summed E-state index contributed by atoms with van der Waals surface area (Å²) in [5.41, 5.74) is 4.20. The Morgan fingerprint density at radius 2 is 1.84 bits per heavy atom. The number of carbonyl (C=O) groups excluding carboxylic acids is 3. The van der Waals surface area contributed by atoms with Gasteiger partial charge in [0, 0.05) is 29.4 Å². The van der Waals surface area contributed by atoms with Gasteiger partial charge in [0.15, 0.2) is 17.1 Å². The summed E-state index contributed by atoms with van der Waals surface area (Å²) in [6, 6.07) is 1.25. The molecule has 1 saturated carbocycles. The zero-order chi connectivity index (χ0) is 23.2. The number of primary amides is 1. The lowest BCUT2D eigenvalue weighted by Gasteiger charge is -2.50. The number of nitrogen functional groups attached to an aromatic ring is 1. The molecule has 4 rings (SSSR count). The number of phenolic OH excluding ortho intramolecular Hbond substituents is 1. The molecule has 11 heteroatoms. The SMILES string of the molecule is C[C@@]1(O)c2cc(Cl)c(N)c(O)c2C(O)=C2C(=O)[C@]3(O)C(O)=C(C(N)=O)C(=O)C[C@@H]3C[C@@H]21. The number of benzene rings is 1. The summed E-state index contributed by atoms with van der Waals surface area (Å²) in [5, 5.41) is 54.2. The maximum atomic E-state index is 13.4. The second-order valence-corrected chi connectivity index (χ2v) is 8.66. The van der Waals surface area contributed by atoms with E-state index in [2.05, 4.69) is 0 Å². The van der Waals surface area contributed by atoms with Crippen LogP contribution in [0.1, 0.15) is 30.9 Å². The average molecular weight is 451 g/mol. The normalized spacial score (nSPS) is 32.5. The summed E-state index contributed by atoms with van der Waals surface area (Å²) < 4.78 is 0. The summed E-state index contributed by atoms with van der Waals surface area (Å²) >= 11 is 6.02. The lowest BCUT2D eigenvalue weighted by atomic mass is 9.56. The maximum Gasteiger partial charge on any atom is 0.255 e. The van der Waals surface area contributed by atoms with E-state index in [0.29, 0.717) is 0 Å². The number of nitrogens with two attached hydrogens (primary N) is 2. The van der Waals surface area contributed by atoms with E-state index < -0.39 is 75.3 Å². The molecule has 10 nitrogen and oxygen atoms in total. The van der Waals surface area contributed by atoms with Crippen LogP contribution in [0.2, 0.25) is 5.02 Å². The molecule has 0 radical (unpaired) electrons. The molecule has 3 aliphatic rings. The molecule has 0 heterocycles. The Hall–Kier alpha value is -3.08. The molecule has 0 bridgehead atoms. The maximum absolute atomic E-state index is 13.4. The van der Waals surface area contributed by atoms with Crippen molar-refractivity contribution in [3.05, 3.63) is 39.1 Å². The molecule has 9 N–H and O–H groups in total. The molecule has 1 amide bonds. The number of Topliss-reactive ketones (excluding diaryl/α,β-unsaturated/α-hetero) is 2. The zero-order valence-corrected chi connectivity index (χ0v) is 16.9. The summed E-state index contributed by atoms with van der Waals surface area (Å²) in [6.07, 6.45) is -0.718. The van der Waals surface area contributed by atoms with Gasteiger partial charge in [-0.25, -0.2) is 0 Å².